The number of ether oxygens (including phenoxy) is 1. The highest BCUT2D eigenvalue weighted by Crippen LogP contribution is 2.49. The molecule has 0 spiro atoms. The Kier molecular flexibility index (Phi) is 3.57. The predicted molar refractivity (Wildman–Crippen MR) is 114 cm³/mol. The number of benzene rings is 1. The van der Waals surface area contributed by atoms with Gasteiger partial charge in [-0.05, 0) is 42.8 Å². The Balaban J connectivity index is 1.70. The van der Waals surface area contributed by atoms with Crippen LogP contribution in [0.4, 0.5) is 5.69 Å². The molecule has 29 heavy (non-hydrogen) atoms. The first-order valence-corrected chi connectivity index (χ1v) is 10.3. The number of para-hydroxylation sites is 2. The summed E-state index contributed by atoms with van der Waals surface area (Å²) in [7, 11) is 1.72. The van der Waals surface area contributed by atoms with Gasteiger partial charge in [0.2, 0.25) is 0 Å². The molecule has 0 saturated carbocycles. The molecule has 1 unspecified atom stereocenters. The highest BCUT2D eigenvalue weighted by molar-refractivity contribution is 7.22. The van der Waals surface area contributed by atoms with E-state index in [4.69, 9.17) is 19.1 Å². The van der Waals surface area contributed by atoms with Gasteiger partial charge in [-0.25, -0.2) is 9.97 Å². The Morgan fingerprint density at radius 2 is 2.10 bits per heavy atom. The van der Waals surface area contributed by atoms with Gasteiger partial charge in [0.15, 0.2) is 12.0 Å². The lowest BCUT2D eigenvalue weighted by atomic mass is 10.1. The van der Waals surface area contributed by atoms with Gasteiger partial charge >= 0.3 is 0 Å². The maximum absolute atomic E-state index is 5.80. The van der Waals surface area contributed by atoms with Crippen molar-refractivity contribution in [3.05, 3.63) is 65.7 Å². The number of fused-ring (bicyclic) bond motifs is 7. The molecular weight excluding hydrogens is 384 g/mol. The van der Waals surface area contributed by atoms with Crippen molar-refractivity contribution in [1.82, 2.24) is 14.5 Å². The van der Waals surface area contributed by atoms with Gasteiger partial charge in [-0.3, -0.25) is 4.57 Å². The van der Waals surface area contributed by atoms with Crippen LogP contribution < -0.4 is 5.32 Å². The minimum atomic E-state index is -0.186. The maximum Gasteiger partial charge on any atom is 0.165 e. The summed E-state index contributed by atoms with van der Waals surface area (Å²) < 4.78 is 13.5. The van der Waals surface area contributed by atoms with Crippen molar-refractivity contribution in [2.24, 2.45) is 0 Å². The van der Waals surface area contributed by atoms with Crippen LogP contribution in [0.1, 0.15) is 23.2 Å². The third kappa shape index (κ3) is 2.38. The van der Waals surface area contributed by atoms with Gasteiger partial charge < -0.3 is 14.5 Å². The van der Waals surface area contributed by atoms with E-state index in [0.717, 1.165) is 54.7 Å². The van der Waals surface area contributed by atoms with Crippen LogP contribution in [0.25, 0.3) is 32.0 Å². The van der Waals surface area contributed by atoms with Crippen LogP contribution in [0.3, 0.4) is 0 Å². The standard InChI is InChI=1S/C22H18N4O2S/c1-12-10-13(11-27-2)17-18-19(29-22(17)23-12)21-24-14-6-3-4-7-15(14)26(21)20(25-18)16-8-5-9-28-16/h3-10,20,25H,11H2,1-2H3. The number of methoxy groups -OCH3 is 1. The molecule has 0 saturated heterocycles. The van der Waals surface area contributed by atoms with E-state index in [1.165, 1.54) is 0 Å². The monoisotopic (exact) mass is 402 g/mol. The second-order valence-electron chi connectivity index (χ2n) is 7.20. The van der Waals surface area contributed by atoms with Crippen molar-refractivity contribution in [2.75, 3.05) is 12.4 Å². The fraction of sp³-hybridized carbons (Fsp3) is 0.182. The van der Waals surface area contributed by atoms with E-state index in [2.05, 4.69) is 22.0 Å². The molecule has 144 valence electrons. The van der Waals surface area contributed by atoms with Gasteiger partial charge in [-0.1, -0.05) is 12.1 Å². The van der Waals surface area contributed by atoms with Crippen LogP contribution in [0.2, 0.25) is 0 Å². The number of thiophene rings is 1. The van der Waals surface area contributed by atoms with Crippen molar-refractivity contribution in [1.29, 1.82) is 0 Å². The molecule has 0 radical (unpaired) electrons. The maximum atomic E-state index is 5.80. The Labute approximate surface area is 170 Å². The number of anilines is 1. The fourth-order valence-corrected chi connectivity index (χ4v) is 5.41. The summed E-state index contributed by atoms with van der Waals surface area (Å²) in [5.74, 6) is 1.78. The van der Waals surface area contributed by atoms with Crippen molar-refractivity contribution in [2.45, 2.75) is 19.7 Å². The number of aryl methyl sites for hydroxylation is 1. The van der Waals surface area contributed by atoms with Crippen LogP contribution in [0.15, 0.2) is 53.1 Å². The van der Waals surface area contributed by atoms with E-state index in [1.807, 2.05) is 37.3 Å². The molecule has 4 aromatic heterocycles. The third-order valence-corrected chi connectivity index (χ3v) is 6.40. The number of aromatic nitrogens is 3. The smallest absolute Gasteiger partial charge is 0.165 e. The van der Waals surface area contributed by atoms with Crippen LogP contribution in [-0.4, -0.2) is 21.6 Å². The zero-order valence-corrected chi connectivity index (χ0v) is 16.8. The molecule has 1 N–H and O–H groups in total. The zero-order chi connectivity index (χ0) is 19.5. The molecule has 6 rings (SSSR count). The highest BCUT2D eigenvalue weighted by Gasteiger charge is 2.33. The predicted octanol–water partition coefficient (Wildman–Crippen LogP) is 5.33. The lowest BCUT2D eigenvalue weighted by Gasteiger charge is -2.27. The van der Waals surface area contributed by atoms with Gasteiger partial charge in [0.05, 0.1) is 34.5 Å². The molecule has 1 aliphatic heterocycles. The summed E-state index contributed by atoms with van der Waals surface area (Å²) in [4.78, 5) is 11.9. The lowest BCUT2D eigenvalue weighted by Crippen LogP contribution is -2.23. The van der Waals surface area contributed by atoms with E-state index in [9.17, 15) is 0 Å². The molecule has 0 amide bonds. The Bertz CT molecular complexity index is 1370. The SMILES string of the molecule is COCc1cc(C)nc2sc3c(c12)NC(c1ccco1)n1c-3nc2ccccc21. The first-order valence-electron chi connectivity index (χ1n) is 9.44. The van der Waals surface area contributed by atoms with E-state index in [1.54, 1.807) is 24.7 Å². The van der Waals surface area contributed by atoms with Gasteiger partial charge in [-0.15, -0.1) is 11.3 Å². The van der Waals surface area contributed by atoms with E-state index < -0.39 is 0 Å². The van der Waals surface area contributed by atoms with E-state index in [-0.39, 0.29) is 6.17 Å². The van der Waals surface area contributed by atoms with Gasteiger partial charge in [-0.2, -0.15) is 0 Å². The Hall–Kier alpha value is -3.16. The Morgan fingerprint density at radius 3 is 2.93 bits per heavy atom. The number of rotatable bonds is 3. The first kappa shape index (κ1) is 16.8. The number of nitrogens with zero attached hydrogens (tertiary/aromatic N) is 3. The Morgan fingerprint density at radius 1 is 1.21 bits per heavy atom. The van der Waals surface area contributed by atoms with Crippen LogP contribution in [0, 0.1) is 6.92 Å². The summed E-state index contributed by atoms with van der Waals surface area (Å²) in [6, 6.07) is 14.2. The average molecular weight is 402 g/mol. The number of pyridine rings is 1. The fourth-order valence-electron chi connectivity index (χ4n) is 4.19. The second kappa shape index (κ2) is 6.17. The molecule has 7 heteroatoms. The lowest BCUT2D eigenvalue weighted by molar-refractivity contribution is 0.186. The second-order valence-corrected chi connectivity index (χ2v) is 8.20. The molecule has 0 fully saturated rings. The molecular formula is C22H18N4O2S. The van der Waals surface area contributed by atoms with Crippen molar-refractivity contribution < 1.29 is 9.15 Å². The van der Waals surface area contributed by atoms with Crippen molar-refractivity contribution >= 4 is 38.3 Å². The first-order chi connectivity index (χ1) is 14.2. The minimum Gasteiger partial charge on any atom is -0.465 e. The summed E-state index contributed by atoms with van der Waals surface area (Å²) in [6.45, 7) is 2.55. The molecule has 5 aromatic rings. The average Bonchev–Trinajstić information content (AvgIpc) is 3.44. The summed E-state index contributed by atoms with van der Waals surface area (Å²) in [5.41, 5.74) is 5.20. The number of hydrogen-bond acceptors (Lipinski definition) is 6. The molecule has 0 bridgehead atoms. The van der Waals surface area contributed by atoms with Crippen molar-refractivity contribution in [3.8, 4) is 10.7 Å². The molecule has 1 aromatic carbocycles. The number of hydrogen-bond donors (Lipinski definition) is 1. The molecule has 5 heterocycles. The minimum absolute atomic E-state index is 0.186. The largest absolute Gasteiger partial charge is 0.465 e. The quantitative estimate of drug-likeness (QED) is 0.442. The van der Waals surface area contributed by atoms with Crippen LogP contribution in [-0.2, 0) is 11.3 Å². The van der Waals surface area contributed by atoms with E-state index >= 15 is 0 Å². The van der Waals surface area contributed by atoms with Gasteiger partial charge in [0.25, 0.3) is 0 Å². The van der Waals surface area contributed by atoms with E-state index in [0.29, 0.717) is 6.61 Å². The van der Waals surface area contributed by atoms with Gasteiger partial charge in [0.1, 0.15) is 10.6 Å². The molecule has 6 nitrogen and oxygen atoms in total. The van der Waals surface area contributed by atoms with Crippen LogP contribution >= 0.6 is 11.3 Å². The highest BCUT2D eigenvalue weighted by atomic mass is 32.1. The summed E-state index contributed by atoms with van der Waals surface area (Å²) in [5, 5.41) is 4.82. The molecule has 1 aliphatic rings. The van der Waals surface area contributed by atoms with Gasteiger partial charge in [0, 0.05) is 18.2 Å². The normalized spacial score (nSPS) is 15.4. The topological polar surface area (TPSA) is 65.1 Å². The van der Waals surface area contributed by atoms with Crippen molar-refractivity contribution in [3.63, 3.8) is 0 Å². The number of nitrogens with one attached hydrogen (secondary N) is 1. The number of imidazole rings is 1. The van der Waals surface area contributed by atoms with Crippen LogP contribution in [0.5, 0.6) is 0 Å². The summed E-state index contributed by atoms with van der Waals surface area (Å²) in [6.07, 6.45) is 1.52. The number of furan rings is 1. The molecule has 1 atom stereocenters. The summed E-state index contributed by atoms with van der Waals surface area (Å²) >= 11 is 1.67. The molecule has 0 aliphatic carbocycles. The third-order valence-electron chi connectivity index (χ3n) is 5.32. The zero-order valence-electron chi connectivity index (χ0n) is 16.0.